The van der Waals surface area contributed by atoms with E-state index in [0.29, 0.717) is 11.4 Å². The fourth-order valence-corrected chi connectivity index (χ4v) is 1.56. The van der Waals surface area contributed by atoms with Gasteiger partial charge in [0.1, 0.15) is 0 Å². The molecule has 1 heterocycles. The fraction of sp³-hybridized carbons (Fsp3) is 0.200. The summed E-state index contributed by atoms with van der Waals surface area (Å²) in [5, 5.41) is 24.5. The van der Waals surface area contributed by atoms with E-state index in [1.807, 2.05) is 0 Å². The first kappa shape index (κ1) is 20.4. The van der Waals surface area contributed by atoms with Crippen molar-refractivity contribution in [1.82, 2.24) is 20.2 Å². The van der Waals surface area contributed by atoms with E-state index in [9.17, 15) is 9.90 Å². The maximum absolute atomic E-state index is 10.6. The Balaban J connectivity index is 0.00000180. The Labute approximate surface area is 186 Å². The van der Waals surface area contributed by atoms with Crippen LogP contribution in [-0.2, 0) is 17.4 Å². The molecular formula is C10H9KN5NaO2S. The second kappa shape index (κ2) is 9.44. The number of tetrazole rings is 1. The van der Waals surface area contributed by atoms with Gasteiger partial charge < -0.3 is 27.8 Å². The Bertz CT molecular complexity index is 582. The van der Waals surface area contributed by atoms with Crippen LogP contribution in [0.2, 0.25) is 0 Å². The van der Waals surface area contributed by atoms with Crippen molar-refractivity contribution in [1.29, 1.82) is 0 Å². The second-order valence-electron chi connectivity index (χ2n) is 3.61. The second-order valence-corrected chi connectivity index (χ2v) is 3.97. The van der Waals surface area contributed by atoms with E-state index in [1.165, 1.54) is 11.6 Å². The van der Waals surface area contributed by atoms with Crippen LogP contribution in [0.4, 0.5) is 5.69 Å². The number of hydrogen-bond acceptors (Lipinski definition) is 7. The van der Waals surface area contributed by atoms with E-state index < -0.39 is 12.0 Å². The minimum absolute atomic E-state index is 0. The summed E-state index contributed by atoms with van der Waals surface area (Å²) in [6, 6.07) is 6.15. The zero-order chi connectivity index (χ0) is 13.1. The molecule has 1 N–H and O–H groups in total. The summed E-state index contributed by atoms with van der Waals surface area (Å²) in [5.41, 5.74) is 1.27. The van der Waals surface area contributed by atoms with Crippen LogP contribution in [0.3, 0.4) is 0 Å². The van der Waals surface area contributed by atoms with Gasteiger partial charge in [-0.1, -0.05) is 6.07 Å². The summed E-state index contributed by atoms with van der Waals surface area (Å²) in [6.07, 6.45) is 0. The van der Waals surface area contributed by atoms with Crippen LogP contribution < -0.4 is 91.4 Å². The number of carboxylic acids is 1. The predicted molar refractivity (Wildman–Crippen MR) is 62.9 cm³/mol. The molecule has 0 radical (unpaired) electrons. The molecule has 10 heteroatoms. The molecule has 0 bridgehead atoms. The molecule has 0 aliphatic heterocycles. The molecule has 94 valence electrons. The molecule has 0 spiro atoms. The van der Waals surface area contributed by atoms with Crippen LogP contribution >= 0.6 is 0 Å². The topological polar surface area (TPSA) is 95.8 Å². The van der Waals surface area contributed by atoms with Crippen LogP contribution in [-0.4, -0.2) is 32.2 Å². The minimum atomic E-state index is -1.17. The molecule has 7 nitrogen and oxygen atoms in total. The van der Waals surface area contributed by atoms with E-state index in [4.69, 9.17) is 12.6 Å². The first-order valence-corrected chi connectivity index (χ1v) is 5.52. The molecule has 0 aliphatic carbocycles. The number of nitrogens with one attached hydrogen (secondary N) is 1. The monoisotopic (exact) mass is 325 g/mol. The number of carbonyl (C=O) groups excluding carboxylic acids is 1. The summed E-state index contributed by atoms with van der Waals surface area (Å²) in [4.78, 5) is 10.6. The molecule has 1 aromatic heterocycles. The van der Waals surface area contributed by atoms with Crippen molar-refractivity contribution in [3.63, 3.8) is 0 Å². The average molecular weight is 325 g/mol. The van der Waals surface area contributed by atoms with Crippen molar-refractivity contribution < 1.29 is 90.8 Å². The standard InChI is InChI=1S/C10H11N5O2S.K.Na/c1-6(9(16)17)11-7-3-2-4-8(5-7)15-10(18)12-13-14-15;;/h2-6,11H,1H3,(H,16,17)(H,12,14,18);;/q;2*+1/p-2. The molecule has 0 aliphatic rings. The number of benzene rings is 1. The van der Waals surface area contributed by atoms with Gasteiger partial charge in [-0.05, 0) is 35.5 Å². The number of aromatic nitrogens is 4. The molecule has 20 heavy (non-hydrogen) atoms. The number of nitrogens with zero attached hydrogens (tertiary/aromatic N) is 4. The van der Waals surface area contributed by atoms with Gasteiger partial charge in [-0.3, -0.25) is 0 Å². The number of aliphatic carboxylic acids is 1. The van der Waals surface area contributed by atoms with Gasteiger partial charge >= 0.3 is 80.9 Å². The first-order valence-electron chi connectivity index (χ1n) is 5.11. The molecule has 0 saturated heterocycles. The maximum atomic E-state index is 10.6. The normalized spacial score (nSPS) is 10.8. The van der Waals surface area contributed by atoms with Crippen molar-refractivity contribution in [2.75, 3.05) is 5.32 Å². The summed E-state index contributed by atoms with van der Waals surface area (Å²) >= 11 is 4.94. The quantitative estimate of drug-likeness (QED) is 0.441. The zero-order valence-corrected chi connectivity index (χ0v) is 17.3. The number of rotatable bonds is 4. The molecule has 0 amide bonds. The summed E-state index contributed by atoms with van der Waals surface area (Å²) in [6.45, 7) is 1.50. The summed E-state index contributed by atoms with van der Waals surface area (Å²) < 4.78 is 1.38. The third-order valence-corrected chi connectivity index (χ3v) is 2.52. The molecule has 0 fully saturated rings. The van der Waals surface area contributed by atoms with Crippen molar-refractivity contribution in [2.24, 2.45) is 0 Å². The van der Waals surface area contributed by atoms with Crippen LogP contribution in [0.25, 0.3) is 5.69 Å². The number of anilines is 1. The number of hydrogen-bond donors (Lipinski definition) is 1. The van der Waals surface area contributed by atoms with E-state index >= 15 is 0 Å². The molecule has 2 aromatic rings. The Morgan fingerprint density at radius 2 is 2.20 bits per heavy atom. The molecular weight excluding hydrogens is 316 g/mol. The summed E-state index contributed by atoms with van der Waals surface area (Å²) in [7, 11) is 0. The SMILES string of the molecule is CC(Nc1cccc(-n2nnnc2[S-])c1)C(=O)[O-].[K+].[Na+]. The van der Waals surface area contributed by atoms with Crippen molar-refractivity contribution in [3.8, 4) is 5.69 Å². The van der Waals surface area contributed by atoms with Crippen molar-refractivity contribution in [2.45, 2.75) is 18.1 Å². The Kier molecular flexibility index (Phi) is 9.63. The molecule has 2 rings (SSSR count). The summed E-state index contributed by atoms with van der Waals surface area (Å²) in [5.74, 6) is -1.17. The Morgan fingerprint density at radius 3 is 2.75 bits per heavy atom. The molecule has 1 aromatic carbocycles. The van der Waals surface area contributed by atoms with Crippen molar-refractivity contribution >= 4 is 24.3 Å². The van der Waals surface area contributed by atoms with Gasteiger partial charge in [-0.15, -0.1) is 5.10 Å². The largest absolute Gasteiger partial charge is 1.00 e. The zero-order valence-electron chi connectivity index (χ0n) is 11.4. The Hall–Kier alpha value is 0.416. The first-order chi connectivity index (χ1) is 8.58. The Morgan fingerprint density at radius 1 is 1.50 bits per heavy atom. The number of carboxylic acid groups (broad SMARTS) is 1. The third-order valence-electron chi connectivity index (χ3n) is 2.27. The smallest absolute Gasteiger partial charge is 0.738 e. The van der Waals surface area contributed by atoms with Gasteiger partial charge in [0, 0.05) is 10.8 Å². The van der Waals surface area contributed by atoms with Gasteiger partial charge in [0.25, 0.3) is 0 Å². The maximum Gasteiger partial charge on any atom is 1.00 e. The van der Waals surface area contributed by atoms with Crippen LogP contribution in [0.5, 0.6) is 0 Å². The van der Waals surface area contributed by atoms with Crippen LogP contribution in [0, 0.1) is 0 Å². The fourth-order valence-electron chi connectivity index (χ4n) is 1.38. The van der Waals surface area contributed by atoms with Gasteiger partial charge in [0.15, 0.2) is 0 Å². The molecule has 1 unspecified atom stereocenters. The van der Waals surface area contributed by atoms with Crippen LogP contribution in [0.15, 0.2) is 29.4 Å². The van der Waals surface area contributed by atoms with Crippen molar-refractivity contribution in [3.05, 3.63) is 24.3 Å². The van der Waals surface area contributed by atoms with Gasteiger partial charge in [0.2, 0.25) is 0 Å². The molecule has 1 atom stereocenters. The van der Waals surface area contributed by atoms with E-state index in [-0.39, 0.29) is 86.1 Å². The van der Waals surface area contributed by atoms with E-state index in [0.717, 1.165) is 0 Å². The van der Waals surface area contributed by atoms with E-state index in [2.05, 4.69) is 20.8 Å². The number of carbonyl (C=O) groups is 1. The van der Waals surface area contributed by atoms with Gasteiger partial charge in [-0.2, -0.15) is 0 Å². The van der Waals surface area contributed by atoms with Gasteiger partial charge in [0.05, 0.1) is 17.7 Å². The molecule has 0 saturated carbocycles. The van der Waals surface area contributed by atoms with Gasteiger partial charge in [-0.25, -0.2) is 4.68 Å². The van der Waals surface area contributed by atoms with Crippen LogP contribution in [0.1, 0.15) is 6.92 Å². The van der Waals surface area contributed by atoms with E-state index in [1.54, 1.807) is 24.3 Å². The minimum Gasteiger partial charge on any atom is -0.738 e. The third kappa shape index (κ3) is 5.32. The average Bonchev–Trinajstić information content (AvgIpc) is 2.75. The predicted octanol–water partition coefficient (Wildman–Crippen LogP) is -6.87.